The van der Waals surface area contributed by atoms with Crippen LogP contribution in [0.25, 0.3) is 0 Å². The van der Waals surface area contributed by atoms with Crippen molar-refractivity contribution in [3.8, 4) is 0 Å². The van der Waals surface area contributed by atoms with E-state index in [4.69, 9.17) is 4.74 Å². The molecule has 1 saturated heterocycles. The second-order valence-corrected chi connectivity index (χ2v) is 4.76. The van der Waals surface area contributed by atoms with E-state index in [0.29, 0.717) is 0 Å². The first kappa shape index (κ1) is 14.0. The number of carbonyl (C=O) groups is 1. The fraction of sp³-hybridized carbons (Fsp3) is 0.533. The molecule has 0 bridgehead atoms. The van der Waals surface area contributed by atoms with E-state index in [2.05, 4.69) is 23.2 Å². The Morgan fingerprint density at radius 2 is 2.05 bits per heavy atom. The first-order valence-electron chi connectivity index (χ1n) is 6.88. The Morgan fingerprint density at radius 3 is 2.68 bits per heavy atom. The molecular weight excluding hydrogens is 240 g/mol. The minimum atomic E-state index is -0.275. The Bertz CT molecular complexity index is 428. The van der Waals surface area contributed by atoms with Crippen molar-refractivity contribution in [3.05, 3.63) is 35.4 Å². The smallest absolute Gasteiger partial charge is 0.327 e. The molecule has 0 saturated carbocycles. The normalized spacial score (nSPS) is 18.0. The Morgan fingerprint density at radius 1 is 1.37 bits per heavy atom. The summed E-state index contributed by atoms with van der Waals surface area (Å²) in [6, 6.07) is 7.88. The highest BCUT2D eigenvalue weighted by molar-refractivity contribution is 5.78. The van der Waals surface area contributed by atoms with Gasteiger partial charge in [-0.3, -0.25) is 4.90 Å². The summed E-state index contributed by atoms with van der Waals surface area (Å²) in [6.45, 7) is 5.70. The van der Waals surface area contributed by atoms with E-state index in [1.165, 1.54) is 12.7 Å². The van der Waals surface area contributed by atoms with Crippen molar-refractivity contribution in [1.82, 2.24) is 10.2 Å². The average molecular weight is 262 g/mol. The summed E-state index contributed by atoms with van der Waals surface area (Å²) in [7, 11) is 1.46. The van der Waals surface area contributed by atoms with Crippen LogP contribution in [-0.2, 0) is 16.0 Å². The summed E-state index contributed by atoms with van der Waals surface area (Å²) in [5.74, 6) is -0.164. The van der Waals surface area contributed by atoms with Gasteiger partial charge in [-0.1, -0.05) is 31.2 Å². The quantitative estimate of drug-likeness (QED) is 0.832. The molecule has 0 radical (unpaired) electrons. The van der Waals surface area contributed by atoms with Gasteiger partial charge in [-0.15, -0.1) is 0 Å². The fourth-order valence-electron chi connectivity index (χ4n) is 2.65. The van der Waals surface area contributed by atoms with E-state index in [9.17, 15) is 4.79 Å². The Hall–Kier alpha value is -1.39. The van der Waals surface area contributed by atoms with Crippen molar-refractivity contribution in [2.75, 3.05) is 33.3 Å². The van der Waals surface area contributed by atoms with Crippen LogP contribution in [0.1, 0.15) is 24.1 Å². The van der Waals surface area contributed by atoms with Crippen LogP contribution in [0.2, 0.25) is 0 Å². The van der Waals surface area contributed by atoms with E-state index in [1.54, 1.807) is 0 Å². The Kier molecular flexibility index (Phi) is 4.93. The largest absolute Gasteiger partial charge is 0.468 e. The van der Waals surface area contributed by atoms with Crippen LogP contribution in [0.4, 0.5) is 0 Å². The van der Waals surface area contributed by atoms with Gasteiger partial charge < -0.3 is 10.1 Å². The monoisotopic (exact) mass is 262 g/mol. The van der Waals surface area contributed by atoms with Gasteiger partial charge in [0.15, 0.2) is 0 Å². The zero-order valence-electron chi connectivity index (χ0n) is 11.7. The summed E-state index contributed by atoms with van der Waals surface area (Å²) in [6.07, 6.45) is 0.926. The highest BCUT2D eigenvalue weighted by Crippen LogP contribution is 2.26. The topological polar surface area (TPSA) is 41.6 Å². The highest BCUT2D eigenvalue weighted by atomic mass is 16.5. The zero-order valence-corrected chi connectivity index (χ0v) is 11.7. The van der Waals surface area contributed by atoms with Crippen molar-refractivity contribution in [2.24, 2.45) is 0 Å². The number of rotatable bonds is 4. The molecule has 4 heteroatoms. The van der Waals surface area contributed by atoms with Gasteiger partial charge in [0.25, 0.3) is 0 Å². The molecule has 104 valence electrons. The molecule has 1 atom stereocenters. The van der Waals surface area contributed by atoms with Crippen LogP contribution >= 0.6 is 0 Å². The molecule has 1 N–H and O–H groups in total. The van der Waals surface area contributed by atoms with Gasteiger partial charge in [0, 0.05) is 26.2 Å². The number of hydrogen-bond acceptors (Lipinski definition) is 4. The molecule has 1 unspecified atom stereocenters. The van der Waals surface area contributed by atoms with E-state index >= 15 is 0 Å². The minimum absolute atomic E-state index is 0.164. The van der Waals surface area contributed by atoms with E-state index in [1.807, 2.05) is 18.2 Å². The van der Waals surface area contributed by atoms with Gasteiger partial charge in [-0.25, -0.2) is 4.79 Å². The maximum Gasteiger partial charge on any atom is 0.327 e. The number of esters is 1. The first-order valence-corrected chi connectivity index (χ1v) is 6.88. The molecule has 1 aromatic rings. The highest BCUT2D eigenvalue weighted by Gasteiger charge is 2.30. The summed E-state index contributed by atoms with van der Waals surface area (Å²) in [5, 5.41) is 3.31. The van der Waals surface area contributed by atoms with E-state index < -0.39 is 0 Å². The summed E-state index contributed by atoms with van der Waals surface area (Å²) in [4.78, 5) is 14.4. The lowest BCUT2D eigenvalue weighted by molar-refractivity contribution is -0.147. The van der Waals surface area contributed by atoms with Crippen LogP contribution in [0, 0.1) is 0 Å². The average Bonchev–Trinajstić information content (AvgIpc) is 2.49. The van der Waals surface area contributed by atoms with Crippen molar-refractivity contribution in [2.45, 2.75) is 19.4 Å². The van der Waals surface area contributed by atoms with Gasteiger partial charge in [0.2, 0.25) is 0 Å². The van der Waals surface area contributed by atoms with Crippen molar-refractivity contribution in [1.29, 1.82) is 0 Å². The molecule has 19 heavy (non-hydrogen) atoms. The number of benzene rings is 1. The van der Waals surface area contributed by atoms with Crippen molar-refractivity contribution >= 4 is 5.97 Å². The molecule has 0 amide bonds. The van der Waals surface area contributed by atoms with Crippen molar-refractivity contribution in [3.63, 3.8) is 0 Å². The zero-order chi connectivity index (χ0) is 13.7. The van der Waals surface area contributed by atoms with Gasteiger partial charge in [-0.05, 0) is 17.5 Å². The number of hydrogen-bond donors (Lipinski definition) is 1. The molecule has 1 aromatic carbocycles. The Balaban J connectivity index is 2.33. The fourth-order valence-corrected chi connectivity index (χ4v) is 2.65. The van der Waals surface area contributed by atoms with Crippen LogP contribution in [0.15, 0.2) is 24.3 Å². The molecule has 1 fully saturated rings. The van der Waals surface area contributed by atoms with Crippen LogP contribution in [-0.4, -0.2) is 44.2 Å². The lowest BCUT2D eigenvalue weighted by atomic mass is 9.97. The molecule has 1 aliphatic rings. The first-order chi connectivity index (χ1) is 9.27. The van der Waals surface area contributed by atoms with Gasteiger partial charge in [0.1, 0.15) is 6.04 Å². The molecular formula is C15H22N2O2. The summed E-state index contributed by atoms with van der Waals surface area (Å²) in [5.41, 5.74) is 2.30. The number of nitrogens with one attached hydrogen (secondary N) is 1. The third kappa shape index (κ3) is 3.14. The maximum atomic E-state index is 12.2. The van der Waals surface area contributed by atoms with E-state index in [-0.39, 0.29) is 12.0 Å². The number of nitrogens with zero attached hydrogens (tertiary/aromatic N) is 1. The molecule has 1 aliphatic heterocycles. The predicted octanol–water partition coefficient (Wildman–Crippen LogP) is 1.37. The third-order valence-corrected chi connectivity index (χ3v) is 3.67. The SMILES string of the molecule is CCc1ccccc1C(C(=O)OC)N1CCNCC1. The number of methoxy groups -OCH3 is 1. The Labute approximate surface area is 114 Å². The third-order valence-electron chi connectivity index (χ3n) is 3.67. The maximum absolute atomic E-state index is 12.2. The number of aryl methyl sites for hydroxylation is 1. The molecule has 2 rings (SSSR count). The van der Waals surface area contributed by atoms with Gasteiger partial charge in [0.05, 0.1) is 7.11 Å². The minimum Gasteiger partial charge on any atom is -0.468 e. The van der Waals surface area contributed by atoms with Crippen LogP contribution < -0.4 is 5.32 Å². The molecule has 4 nitrogen and oxygen atoms in total. The van der Waals surface area contributed by atoms with E-state index in [0.717, 1.165) is 38.2 Å². The second-order valence-electron chi connectivity index (χ2n) is 4.76. The second kappa shape index (κ2) is 6.68. The summed E-state index contributed by atoms with van der Waals surface area (Å²) >= 11 is 0. The van der Waals surface area contributed by atoms with Crippen LogP contribution in [0.5, 0.6) is 0 Å². The molecule has 0 aromatic heterocycles. The summed E-state index contributed by atoms with van der Waals surface area (Å²) < 4.78 is 5.02. The molecule has 1 heterocycles. The van der Waals surface area contributed by atoms with Gasteiger partial charge >= 0.3 is 5.97 Å². The van der Waals surface area contributed by atoms with Crippen molar-refractivity contribution < 1.29 is 9.53 Å². The lowest BCUT2D eigenvalue weighted by Gasteiger charge is -2.34. The van der Waals surface area contributed by atoms with Crippen LogP contribution in [0.3, 0.4) is 0 Å². The number of carbonyl (C=O) groups excluding carboxylic acids is 1. The number of ether oxygens (including phenoxy) is 1. The number of piperazine rings is 1. The molecule has 0 spiro atoms. The lowest BCUT2D eigenvalue weighted by Crippen LogP contribution is -2.47. The predicted molar refractivity (Wildman–Crippen MR) is 75.0 cm³/mol. The standard InChI is InChI=1S/C15H22N2O2/c1-3-12-6-4-5-7-13(12)14(15(18)19-2)17-10-8-16-9-11-17/h4-7,14,16H,3,8-11H2,1-2H3. The van der Waals surface area contributed by atoms with Gasteiger partial charge in [-0.2, -0.15) is 0 Å². The molecule has 0 aliphatic carbocycles.